The molecule has 0 bridgehead atoms. The Kier molecular flexibility index (Phi) is 11.2. The smallest absolute Gasteiger partial charge is 0.220 e. The van der Waals surface area contributed by atoms with Crippen molar-refractivity contribution in [3.05, 3.63) is 0 Å². The second kappa shape index (κ2) is 12.5. The van der Waals surface area contributed by atoms with E-state index in [-0.39, 0.29) is 19.2 Å². The summed E-state index contributed by atoms with van der Waals surface area (Å²) in [5.74, 6) is 0.465. The van der Waals surface area contributed by atoms with Crippen LogP contribution in [0.1, 0.15) is 80.5 Å². The number of rotatable bonds is 9. The second-order valence-electron chi connectivity index (χ2n) is 8.16. The van der Waals surface area contributed by atoms with E-state index in [2.05, 4.69) is 4.90 Å². The molecule has 27 heavy (non-hydrogen) atoms. The van der Waals surface area contributed by atoms with Gasteiger partial charge < -0.3 is 15.4 Å². The first-order valence-corrected chi connectivity index (χ1v) is 11.1. The molecule has 2 aliphatic rings. The van der Waals surface area contributed by atoms with Crippen LogP contribution in [-0.4, -0.2) is 49.4 Å². The standard InChI is InChI=1S/C20H36N2O3.C2H6.H2/c1-3-16(2)18(23)6-14-25-15-13-22-11-9-20(10-12-22)7-4-17(5-8-20)19(21)24;1-2;/h16-17H,3-15H2,1-2H3,(H2,21,24);1-2H3;1H. The van der Waals surface area contributed by atoms with Gasteiger partial charge in [-0.05, 0) is 63.5 Å². The van der Waals surface area contributed by atoms with Crippen molar-refractivity contribution >= 4 is 11.7 Å². The van der Waals surface area contributed by atoms with Crippen LogP contribution >= 0.6 is 0 Å². The second-order valence-corrected chi connectivity index (χ2v) is 8.16. The van der Waals surface area contributed by atoms with E-state index in [9.17, 15) is 9.59 Å². The predicted molar refractivity (Wildman–Crippen MR) is 113 cm³/mol. The van der Waals surface area contributed by atoms with Crippen LogP contribution in [0, 0.1) is 17.3 Å². The molecular formula is C22H44N2O3. The Morgan fingerprint density at radius 1 is 1.15 bits per heavy atom. The number of hydrogen-bond acceptors (Lipinski definition) is 4. The number of ketones is 1. The zero-order chi connectivity index (χ0) is 20.3. The van der Waals surface area contributed by atoms with Gasteiger partial charge in [-0.25, -0.2) is 0 Å². The number of piperidine rings is 1. The van der Waals surface area contributed by atoms with Gasteiger partial charge in [0.05, 0.1) is 13.2 Å². The van der Waals surface area contributed by atoms with E-state index < -0.39 is 0 Å². The molecule has 0 aromatic heterocycles. The molecule has 0 radical (unpaired) electrons. The average Bonchev–Trinajstić information content (AvgIpc) is 2.70. The van der Waals surface area contributed by atoms with Gasteiger partial charge >= 0.3 is 0 Å². The van der Waals surface area contributed by atoms with Gasteiger partial charge in [-0.1, -0.05) is 27.7 Å². The summed E-state index contributed by atoms with van der Waals surface area (Å²) in [6.45, 7) is 12.5. The molecule has 2 N–H and O–H groups in total. The van der Waals surface area contributed by atoms with Crippen LogP contribution in [0.5, 0.6) is 0 Å². The summed E-state index contributed by atoms with van der Waals surface area (Å²) >= 11 is 0. The lowest BCUT2D eigenvalue weighted by atomic mass is 9.65. The Morgan fingerprint density at radius 2 is 1.74 bits per heavy atom. The molecule has 1 saturated heterocycles. The molecule has 2 fully saturated rings. The number of likely N-dealkylation sites (tertiary alicyclic amines) is 1. The fraction of sp³-hybridized carbons (Fsp3) is 0.909. The first-order chi connectivity index (χ1) is 13.0. The normalized spacial score (nSPS) is 21.3. The van der Waals surface area contributed by atoms with E-state index in [0.717, 1.165) is 51.7 Å². The Balaban J connectivity index is 0.00000235. The summed E-state index contributed by atoms with van der Waals surface area (Å²) in [4.78, 5) is 25.6. The van der Waals surface area contributed by atoms with E-state index in [1.807, 2.05) is 27.7 Å². The van der Waals surface area contributed by atoms with Gasteiger partial charge in [0.15, 0.2) is 0 Å². The average molecular weight is 385 g/mol. The van der Waals surface area contributed by atoms with Crippen molar-refractivity contribution in [1.82, 2.24) is 4.90 Å². The molecule has 1 atom stereocenters. The van der Waals surface area contributed by atoms with Gasteiger partial charge in [0, 0.05) is 26.2 Å². The van der Waals surface area contributed by atoms with Gasteiger partial charge in [0.2, 0.25) is 5.91 Å². The summed E-state index contributed by atoms with van der Waals surface area (Å²) in [5.41, 5.74) is 5.90. The lowest BCUT2D eigenvalue weighted by molar-refractivity contribution is -0.124. The largest absolute Gasteiger partial charge is 0.380 e. The van der Waals surface area contributed by atoms with E-state index in [0.29, 0.717) is 30.8 Å². The van der Waals surface area contributed by atoms with Crippen LogP contribution in [-0.2, 0) is 14.3 Å². The van der Waals surface area contributed by atoms with Gasteiger partial charge in [-0.15, -0.1) is 0 Å². The van der Waals surface area contributed by atoms with E-state index in [1.54, 1.807) is 0 Å². The Hall–Kier alpha value is -0.940. The number of nitrogens with two attached hydrogens (primary N) is 1. The minimum atomic E-state index is -0.115. The molecule has 0 aromatic rings. The van der Waals surface area contributed by atoms with E-state index >= 15 is 0 Å². The van der Waals surface area contributed by atoms with Gasteiger partial charge in [0.25, 0.3) is 0 Å². The molecule has 1 aliphatic carbocycles. The van der Waals surface area contributed by atoms with Crippen molar-refractivity contribution in [2.75, 3.05) is 32.8 Å². The summed E-state index contributed by atoms with van der Waals surface area (Å²) < 4.78 is 5.67. The summed E-state index contributed by atoms with van der Waals surface area (Å²) in [6, 6.07) is 0. The number of primary amides is 1. The maximum absolute atomic E-state index is 11.8. The Labute approximate surface area is 167 Å². The zero-order valence-electron chi connectivity index (χ0n) is 18.1. The quantitative estimate of drug-likeness (QED) is 0.609. The minimum absolute atomic E-state index is 0. The lowest BCUT2D eigenvalue weighted by Gasteiger charge is -2.45. The highest BCUT2D eigenvalue weighted by atomic mass is 16.5. The monoisotopic (exact) mass is 384 g/mol. The molecule has 1 saturated carbocycles. The van der Waals surface area contributed by atoms with Gasteiger partial charge in [0.1, 0.15) is 5.78 Å². The summed E-state index contributed by atoms with van der Waals surface area (Å²) in [5, 5.41) is 0. The van der Waals surface area contributed by atoms with Crippen molar-refractivity contribution in [3.8, 4) is 0 Å². The van der Waals surface area contributed by atoms with Crippen LogP contribution in [0.15, 0.2) is 0 Å². The third-order valence-corrected chi connectivity index (χ3v) is 6.57. The third kappa shape index (κ3) is 7.90. The molecule has 0 aromatic carbocycles. The number of hydrogen-bond donors (Lipinski definition) is 1. The number of carbonyl (C=O) groups excluding carboxylic acids is 2. The molecule has 1 aliphatic heterocycles. The molecule has 2 rings (SSSR count). The number of nitrogens with zero attached hydrogens (tertiary/aromatic N) is 1. The van der Waals surface area contributed by atoms with Crippen molar-refractivity contribution in [2.24, 2.45) is 23.0 Å². The summed E-state index contributed by atoms with van der Waals surface area (Å²) in [7, 11) is 0. The van der Waals surface area contributed by atoms with Crippen molar-refractivity contribution < 1.29 is 15.8 Å². The van der Waals surface area contributed by atoms with E-state index in [4.69, 9.17) is 10.5 Å². The number of carbonyl (C=O) groups is 2. The Bertz CT molecular complexity index is 441. The van der Waals surface area contributed by atoms with Crippen LogP contribution in [0.2, 0.25) is 0 Å². The first-order valence-electron chi connectivity index (χ1n) is 11.1. The highest BCUT2D eigenvalue weighted by molar-refractivity contribution is 5.80. The lowest BCUT2D eigenvalue weighted by Crippen LogP contribution is -2.44. The van der Waals surface area contributed by atoms with E-state index in [1.165, 1.54) is 12.8 Å². The first kappa shape index (κ1) is 24.1. The number of Topliss-reactive ketones (excluding diaryl/α,β-unsaturated/α-hetero) is 1. The molecule has 5 heteroatoms. The Morgan fingerprint density at radius 3 is 2.26 bits per heavy atom. The molecule has 1 amide bonds. The SMILES string of the molecule is CC.CCC(C)C(=O)CCOCCN1CCC2(CCC(C(N)=O)CC2)CC1.[HH]. The molecule has 1 spiro atoms. The highest BCUT2D eigenvalue weighted by Gasteiger charge is 2.38. The van der Waals surface area contributed by atoms with Crippen LogP contribution in [0.4, 0.5) is 0 Å². The minimum Gasteiger partial charge on any atom is -0.380 e. The third-order valence-electron chi connectivity index (χ3n) is 6.57. The molecular weight excluding hydrogens is 340 g/mol. The predicted octanol–water partition coefficient (Wildman–Crippen LogP) is 4.04. The highest BCUT2D eigenvalue weighted by Crippen LogP contribution is 2.46. The van der Waals surface area contributed by atoms with Crippen molar-refractivity contribution in [3.63, 3.8) is 0 Å². The fourth-order valence-corrected chi connectivity index (χ4v) is 4.21. The zero-order valence-corrected chi connectivity index (χ0v) is 18.1. The molecule has 1 unspecified atom stereocenters. The number of ether oxygens (including phenoxy) is 1. The molecule has 5 nitrogen and oxygen atoms in total. The number of amides is 1. The van der Waals surface area contributed by atoms with Crippen LogP contribution in [0.25, 0.3) is 0 Å². The van der Waals surface area contributed by atoms with Gasteiger partial charge in [-0.2, -0.15) is 0 Å². The maximum Gasteiger partial charge on any atom is 0.220 e. The van der Waals surface area contributed by atoms with Crippen LogP contribution in [0.3, 0.4) is 0 Å². The van der Waals surface area contributed by atoms with Crippen molar-refractivity contribution in [2.45, 2.75) is 79.1 Å². The topological polar surface area (TPSA) is 72.6 Å². The fourth-order valence-electron chi connectivity index (χ4n) is 4.21. The molecule has 1 heterocycles. The van der Waals surface area contributed by atoms with Crippen LogP contribution < -0.4 is 5.73 Å². The van der Waals surface area contributed by atoms with Gasteiger partial charge in [-0.3, -0.25) is 9.59 Å². The molecule has 160 valence electrons. The maximum atomic E-state index is 11.8. The van der Waals surface area contributed by atoms with Crippen molar-refractivity contribution in [1.29, 1.82) is 0 Å². The summed E-state index contributed by atoms with van der Waals surface area (Å²) in [6.07, 6.45) is 8.17.